The second-order valence-electron chi connectivity index (χ2n) is 12.2. The third kappa shape index (κ3) is 7.99. The van der Waals surface area contributed by atoms with Gasteiger partial charge in [0, 0.05) is 57.9 Å². The molecule has 1 N–H and O–H groups in total. The zero-order chi connectivity index (χ0) is 34.1. The van der Waals surface area contributed by atoms with Crippen LogP contribution in [-0.4, -0.2) is 65.8 Å². The Morgan fingerprint density at radius 3 is 2.02 bits per heavy atom. The first-order valence-corrected chi connectivity index (χ1v) is 15.0. The fourth-order valence-corrected chi connectivity index (χ4v) is 6.32. The van der Waals surface area contributed by atoms with Crippen molar-refractivity contribution in [3.05, 3.63) is 70.0 Å². The van der Waals surface area contributed by atoms with Crippen LogP contribution in [0.3, 0.4) is 0 Å². The van der Waals surface area contributed by atoms with E-state index in [9.17, 15) is 45.1 Å². The Bertz CT molecular complexity index is 1420. The van der Waals surface area contributed by atoms with Crippen LogP contribution >= 0.6 is 0 Å². The molecule has 0 bridgehead atoms. The number of benzene rings is 2. The summed E-state index contributed by atoms with van der Waals surface area (Å²) in [5.41, 5.74) is 0.836. The predicted octanol–water partition coefficient (Wildman–Crippen LogP) is 6.09. The van der Waals surface area contributed by atoms with Crippen LogP contribution in [0.2, 0.25) is 0 Å². The molecule has 3 amide bonds. The molecule has 0 aromatic heterocycles. The molecule has 2 heterocycles. The molecular weight excluding hydrogens is 621 g/mol. The lowest BCUT2D eigenvalue weighted by molar-refractivity contribution is -0.143. The van der Waals surface area contributed by atoms with Crippen molar-refractivity contribution in [1.82, 2.24) is 20.2 Å². The van der Waals surface area contributed by atoms with Crippen LogP contribution in [0.1, 0.15) is 72.9 Å². The van der Waals surface area contributed by atoms with Crippen LogP contribution in [0, 0.1) is 24.6 Å². The molecule has 252 valence electrons. The van der Waals surface area contributed by atoms with Crippen molar-refractivity contribution >= 4 is 17.7 Å². The minimum Gasteiger partial charge on any atom is -0.343 e. The van der Waals surface area contributed by atoms with Crippen LogP contribution in [0.25, 0.3) is 0 Å². The zero-order valence-corrected chi connectivity index (χ0v) is 25.9. The first kappa shape index (κ1) is 35.2. The second kappa shape index (κ2) is 13.6. The normalized spacial score (nSPS) is 20.7. The second-order valence-corrected chi connectivity index (χ2v) is 12.2. The smallest absolute Gasteiger partial charge is 0.343 e. The van der Waals surface area contributed by atoms with Gasteiger partial charge < -0.3 is 9.80 Å². The summed E-state index contributed by atoms with van der Waals surface area (Å²) >= 11 is 0. The molecule has 2 aromatic rings. The van der Waals surface area contributed by atoms with Crippen LogP contribution in [0.15, 0.2) is 36.4 Å². The lowest BCUT2D eigenvalue weighted by Crippen LogP contribution is -2.54. The summed E-state index contributed by atoms with van der Waals surface area (Å²) in [5, 5.41) is 1.68. The van der Waals surface area contributed by atoms with Gasteiger partial charge in [0.15, 0.2) is 0 Å². The number of piperidine rings is 2. The number of carbonyl (C=O) groups excluding carboxylic acids is 3. The molecule has 2 saturated heterocycles. The van der Waals surface area contributed by atoms with Gasteiger partial charge in [-0.25, -0.2) is 9.40 Å². The maximum Gasteiger partial charge on any atom is 0.416 e. The summed E-state index contributed by atoms with van der Waals surface area (Å²) in [4.78, 5) is 41.6. The molecule has 2 aromatic carbocycles. The molecule has 0 spiro atoms. The van der Waals surface area contributed by atoms with Gasteiger partial charge in [-0.1, -0.05) is 6.07 Å². The highest BCUT2D eigenvalue weighted by molar-refractivity contribution is 5.81. The highest BCUT2D eigenvalue weighted by Crippen LogP contribution is 2.40. The van der Waals surface area contributed by atoms with E-state index in [2.05, 4.69) is 5.43 Å². The summed E-state index contributed by atoms with van der Waals surface area (Å²) < 4.78 is 95.2. The number of nitrogens with one attached hydrogen (secondary N) is 1. The first-order valence-electron chi connectivity index (χ1n) is 15.0. The van der Waals surface area contributed by atoms with E-state index in [1.54, 1.807) is 22.9 Å². The Hall–Kier alpha value is -3.68. The van der Waals surface area contributed by atoms with Gasteiger partial charge >= 0.3 is 12.4 Å². The van der Waals surface area contributed by atoms with Crippen molar-refractivity contribution in [2.75, 3.05) is 33.2 Å². The number of nitrogens with zero attached hydrogens (tertiary/aromatic N) is 3. The standard InChI is InChI=1S/C32H37F7N4O3/c1-18-13-25(33)5-6-26(18)28-17-43(40-29(45)21-7-10-42(11-8-21)20(3)44)12-9-27(28)30(46)41(4)19(2)22-14-23(31(34,35)36)16-24(15-22)32(37,38)39/h5-6,13-16,19,21,27-28H,7-12,17H2,1-4H3,(H,40,45)/t19-,27+,28-/m1/s1. The summed E-state index contributed by atoms with van der Waals surface area (Å²) in [6, 6.07) is 4.23. The highest BCUT2D eigenvalue weighted by Gasteiger charge is 2.41. The Balaban J connectivity index is 1.57. The van der Waals surface area contributed by atoms with Crippen molar-refractivity contribution in [3.63, 3.8) is 0 Å². The fraction of sp³-hybridized carbons (Fsp3) is 0.531. The van der Waals surface area contributed by atoms with Gasteiger partial charge in [0.1, 0.15) is 5.82 Å². The van der Waals surface area contributed by atoms with Crippen molar-refractivity contribution in [1.29, 1.82) is 0 Å². The van der Waals surface area contributed by atoms with Crippen molar-refractivity contribution in [3.8, 4) is 0 Å². The van der Waals surface area contributed by atoms with Crippen LogP contribution in [0.5, 0.6) is 0 Å². The van der Waals surface area contributed by atoms with E-state index >= 15 is 0 Å². The number of likely N-dealkylation sites (tertiary alicyclic amines) is 1. The van der Waals surface area contributed by atoms with E-state index in [0.29, 0.717) is 49.2 Å². The predicted molar refractivity (Wildman–Crippen MR) is 154 cm³/mol. The maximum absolute atomic E-state index is 14.0. The SMILES string of the molecule is CC(=O)N1CCC(C(=O)NN2CC[C@H](C(=O)N(C)[C@H](C)c3cc(C(F)(F)F)cc(C(F)(F)F)c3)[C@@H](c3ccc(F)cc3C)C2)CC1. The lowest BCUT2D eigenvalue weighted by Gasteiger charge is -2.41. The topological polar surface area (TPSA) is 73.0 Å². The van der Waals surface area contributed by atoms with E-state index < -0.39 is 53.1 Å². The molecule has 0 aliphatic carbocycles. The Labute approximate surface area is 262 Å². The fourth-order valence-electron chi connectivity index (χ4n) is 6.32. The van der Waals surface area contributed by atoms with Crippen LogP contribution < -0.4 is 5.43 Å². The van der Waals surface area contributed by atoms with Gasteiger partial charge in [-0.05, 0) is 80.1 Å². The lowest BCUT2D eigenvalue weighted by atomic mass is 9.78. The maximum atomic E-state index is 14.0. The summed E-state index contributed by atoms with van der Waals surface area (Å²) in [5.74, 6) is -2.94. The van der Waals surface area contributed by atoms with Gasteiger partial charge in [-0.2, -0.15) is 26.3 Å². The van der Waals surface area contributed by atoms with Gasteiger partial charge in [0.25, 0.3) is 0 Å². The molecule has 0 saturated carbocycles. The van der Waals surface area contributed by atoms with Gasteiger partial charge in [-0.15, -0.1) is 0 Å². The molecule has 0 radical (unpaired) electrons. The molecular formula is C32H37F7N4O3. The largest absolute Gasteiger partial charge is 0.416 e. The highest BCUT2D eigenvalue weighted by atomic mass is 19.4. The molecule has 7 nitrogen and oxygen atoms in total. The Morgan fingerprint density at radius 2 is 1.50 bits per heavy atom. The Kier molecular flexibility index (Phi) is 10.4. The van der Waals surface area contributed by atoms with Crippen molar-refractivity contribution in [2.24, 2.45) is 11.8 Å². The number of alkyl halides is 6. The van der Waals surface area contributed by atoms with Gasteiger partial charge in [-0.3, -0.25) is 19.8 Å². The van der Waals surface area contributed by atoms with Gasteiger partial charge in [0.2, 0.25) is 17.7 Å². The molecule has 14 heteroatoms. The number of hydrogen-bond donors (Lipinski definition) is 1. The number of hydrogen-bond acceptors (Lipinski definition) is 4. The number of halogens is 7. The van der Waals surface area contributed by atoms with Crippen molar-refractivity contribution < 1.29 is 45.1 Å². The quantitative estimate of drug-likeness (QED) is 0.382. The van der Waals surface area contributed by atoms with E-state index in [-0.39, 0.29) is 48.9 Å². The number of rotatable bonds is 6. The van der Waals surface area contributed by atoms with E-state index in [4.69, 9.17) is 0 Å². The summed E-state index contributed by atoms with van der Waals surface area (Å²) in [7, 11) is 1.33. The average molecular weight is 659 g/mol. The van der Waals surface area contributed by atoms with E-state index in [0.717, 1.165) is 4.90 Å². The number of amides is 3. The van der Waals surface area contributed by atoms with E-state index in [1.807, 2.05) is 0 Å². The summed E-state index contributed by atoms with van der Waals surface area (Å²) in [6.45, 7) is 5.83. The van der Waals surface area contributed by atoms with E-state index in [1.165, 1.54) is 33.0 Å². The van der Waals surface area contributed by atoms with Crippen LogP contribution in [-0.2, 0) is 26.7 Å². The molecule has 2 fully saturated rings. The van der Waals surface area contributed by atoms with Crippen molar-refractivity contribution in [2.45, 2.75) is 64.3 Å². The molecule has 0 unspecified atom stereocenters. The third-order valence-corrected chi connectivity index (χ3v) is 9.16. The van der Waals surface area contributed by atoms with Gasteiger partial charge in [0.05, 0.1) is 17.2 Å². The number of aryl methyl sites for hydroxylation is 1. The molecule has 2 aliphatic rings. The molecule has 2 aliphatic heterocycles. The summed E-state index contributed by atoms with van der Waals surface area (Å²) in [6.07, 6.45) is -8.88. The minimum absolute atomic E-state index is 0.0437. The van der Waals surface area contributed by atoms with Crippen LogP contribution in [0.4, 0.5) is 30.7 Å². The average Bonchev–Trinajstić information content (AvgIpc) is 2.99. The zero-order valence-electron chi connectivity index (χ0n) is 25.9. The minimum atomic E-state index is -5.04. The monoisotopic (exact) mass is 658 g/mol. The number of hydrazine groups is 1. The third-order valence-electron chi connectivity index (χ3n) is 9.16. The molecule has 46 heavy (non-hydrogen) atoms. The number of carbonyl (C=O) groups is 3. The molecule has 3 atom stereocenters. The first-order chi connectivity index (χ1) is 21.4. The Morgan fingerprint density at radius 1 is 0.913 bits per heavy atom. The molecule has 4 rings (SSSR count).